The Labute approximate surface area is 230 Å². The van der Waals surface area contributed by atoms with Crippen molar-refractivity contribution in [2.75, 3.05) is 25.0 Å². The van der Waals surface area contributed by atoms with E-state index in [9.17, 15) is 0 Å². The number of nitrogens with zero attached hydrogens (tertiary/aromatic N) is 4. The molecule has 1 saturated carbocycles. The monoisotopic (exact) mass is 573 g/mol. The van der Waals surface area contributed by atoms with Crippen molar-refractivity contribution in [2.24, 2.45) is 17.3 Å². The van der Waals surface area contributed by atoms with Gasteiger partial charge < -0.3 is 10.2 Å². The van der Waals surface area contributed by atoms with Gasteiger partial charge in [-0.1, -0.05) is 58.0 Å². The Morgan fingerprint density at radius 3 is 2.58 bits per heavy atom. The van der Waals surface area contributed by atoms with Gasteiger partial charge in [0.25, 0.3) is 0 Å². The Bertz CT molecular complexity index is 1160. The molecule has 2 aromatic heterocycles. The Morgan fingerprint density at radius 1 is 1.11 bits per heavy atom. The van der Waals surface area contributed by atoms with E-state index in [0.29, 0.717) is 16.4 Å². The molecular formula is C29H41BrClN5. The van der Waals surface area contributed by atoms with Crippen molar-refractivity contribution in [3.8, 4) is 11.3 Å². The molecule has 3 heterocycles. The lowest BCUT2D eigenvalue weighted by molar-refractivity contribution is 0.0671. The molecule has 0 bridgehead atoms. The van der Waals surface area contributed by atoms with Crippen LogP contribution in [0.4, 0.5) is 5.82 Å². The van der Waals surface area contributed by atoms with Crippen molar-refractivity contribution >= 4 is 39.0 Å². The molecule has 2 fully saturated rings. The number of nitrogens with one attached hydrogen (secondary N) is 1. The first-order chi connectivity index (χ1) is 16.8. The number of halogens is 2. The largest absolute Gasteiger partial charge is 0.370 e. The lowest BCUT2D eigenvalue weighted by atomic mass is 9.71. The van der Waals surface area contributed by atoms with Crippen LogP contribution in [-0.4, -0.2) is 45.2 Å². The number of piperidine rings is 1. The third kappa shape index (κ3) is 5.92. The first-order valence-corrected chi connectivity index (χ1v) is 14.2. The van der Waals surface area contributed by atoms with E-state index in [2.05, 4.69) is 58.1 Å². The summed E-state index contributed by atoms with van der Waals surface area (Å²) >= 11 is 10.1. The van der Waals surface area contributed by atoms with Gasteiger partial charge in [0.15, 0.2) is 5.65 Å². The molecule has 1 aliphatic carbocycles. The van der Waals surface area contributed by atoms with E-state index in [-0.39, 0.29) is 7.43 Å². The van der Waals surface area contributed by atoms with Crippen LogP contribution in [0.15, 0.2) is 41.0 Å². The molecule has 7 heteroatoms. The molecule has 3 aromatic rings. The van der Waals surface area contributed by atoms with Crippen LogP contribution < -0.4 is 5.32 Å². The van der Waals surface area contributed by atoms with Gasteiger partial charge in [0.2, 0.25) is 0 Å². The van der Waals surface area contributed by atoms with Crippen LogP contribution in [0.1, 0.15) is 66.7 Å². The molecule has 1 aromatic carbocycles. The lowest BCUT2D eigenvalue weighted by Crippen LogP contribution is -2.46. The van der Waals surface area contributed by atoms with Crippen LogP contribution >= 0.6 is 27.5 Å². The number of rotatable bonds is 5. The zero-order chi connectivity index (χ0) is 24.6. The fourth-order valence-corrected chi connectivity index (χ4v) is 6.60. The van der Waals surface area contributed by atoms with Gasteiger partial charge in [-0.25, -0.2) is 4.98 Å². The van der Waals surface area contributed by atoms with E-state index in [1.54, 1.807) is 6.20 Å². The predicted molar refractivity (Wildman–Crippen MR) is 156 cm³/mol. The minimum atomic E-state index is 0. The van der Waals surface area contributed by atoms with Crippen LogP contribution in [0, 0.1) is 17.3 Å². The van der Waals surface area contributed by atoms with E-state index < -0.39 is 0 Å². The van der Waals surface area contributed by atoms with Crippen molar-refractivity contribution in [2.45, 2.75) is 72.8 Å². The summed E-state index contributed by atoms with van der Waals surface area (Å²) in [5.74, 6) is 2.46. The third-order valence-corrected chi connectivity index (χ3v) is 9.03. The molecule has 0 radical (unpaired) electrons. The lowest BCUT2D eigenvalue weighted by Gasteiger charge is -2.44. The molecule has 5 nitrogen and oxygen atoms in total. The van der Waals surface area contributed by atoms with Crippen molar-refractivity contribution < 1.29 is 0 Å². The average molecular weight is 575 g/mol. The molecule has 36 heavy (non-hydrogen) atoms. The maximum atomic E-state index is 6.50. The summed E-state index contributed by atoms with van der Waals surface area (Å²) in [6.45, 7) is 10.6. The minimum Gasteiger partial charge on any atom is -0.370 e. The molecule has 1 N–H and O–H groups in total. The van der Waals surface area contributed by atoms with Gasteiger partial charge in [0, 0.05) is 35.8 Å². The highest BCUT2D eigenvalue weighted by atomic mass is 79.9. The smallest absolute Gasteiger partial charge is 0.172 e. The number of hydrogen-bond acceptors (Lipinski definition) is 4. The molecule has 2 aliphatic rings. The predicted octanol–water partition coefficient (Wildman–Crippen LogP) is 8.18. The van der Waals surface area contributed by atoms with E-state index in [1.165, 1.54) is 51.6 Å². The number of hydrogen-bond donors (Lipinski definition) is 1. The molecule has 1 aliphatic heterocycles. The fraction of sp³-hybridized carbons (Fsp3) is 0.586. The van der Waals surface area contributed by atoms with Crippen LogP contribution in [0.3, 0.4) is 0 Å². The van der Waals surface area contributed by atoms with E-state index in [4.69, 9.17) is 16.6 Å². The molecule has 5 rings (SSSR count). The second-order valence-corrected chi connectivity index (χ2v) is 12.8. The van der Waals surface area contributed by atoms with Crippen molar-refractivity contribution in [3.63, 3.8) is 0 Å². The van der Waals surface area contributed by atoms with E-state index in [1.807, 2.05) is 28.8 Å². The molecular weight excluding hydrogens is 534 g/mol. The van der Waals surface area contributed by atoms with Crippen LogP contribution in [0.2, 0.25) is 5.02 Å². The quantitative estimate of drug-likeness (QED) is 0.334. The van der Waals surface area contributed by atoms with Crippen molar-refractivity contribution in [3.05, 3.63) is 46.0 Å². The van der Waals surface area contributed by atoms with Gasteiger partial charge in [0.05, 0.1) is 16.4 Å². The number of aromatic nitrogens is 3. The standard InChI is InChI=1S/C28H37BrClN5.CH4/c1-28(2,3)20-10-12-21(13-11-20)34-14-6-7-19(18-34)16-31-26-15-25(22-8-4-5-9-24(22)30)33-27-23(29)17-32-35(26)27;/h4-5,8-9,15,17,19-21,31H,6-7,10-14,16,18H2,1-3H3;1H4. The van der Waals surface area contributed by atoms with Gasteiger partial charge >= 0.3 is 0 Å². The summed E-state index contributed by atoms with van der Waals surface area (Å²) in [6, 6.07) is 10.7. The van der Waals surface area contributed by atoms with Gasteiger partial charge in [-0.3, -0.25) is 0 Å². The fourth-order valence-electron chi connectivity index (χ4n) is 6.02. The van der Waals surface area contributed by atoms with Gasteiger partial charge in [0.1, 0.15) is 5.82 Å². The summed E-state index contributed by atoms with van der Waals surface area (Å²) in [7, 11) is 0. The second-order valence-electron chi connectivity index (χ2n) is 11.5. The molecule has 1 atom stereocenters. The summed E-state index contributed by atoms with van der Waals surface area (Å²) in [4.78, 5) is 7.63. The highest BCUT2D eigenvalue weighted by Crippen LogP contribution is 2.39. The first-order valence-electron chi connectivity index (χ1n) is 13.1. The highest BCUT2D eigenvalue weighted by Gasteiger charge is 2.33. The molecule has 1 saturated heterocycles. The average Bonchev–Trinajstić information content (AvgIpc) is 3.23. The molecule has 1 unspecified atom stereocenters. The second kappa shape index (κ2) is 11.4. The highest BCUT2D eigenvalue weighted by molar-refractivity contribution is 9.10. The van der Waals surface area contributed by atoms with Crippen molar-refractivity contribution in [1.29, 1.82) is 0 Å². The maximum Gasteiger partial charge on any atom is 0.172 e. The summed E-state index contributed by atoms with van der Waals surface area (Å²) in [5, 5.41) is 8.98. The zero-order valence-electron chi connectivity index (χ0n) is 21.1. The number of fused-ring (bicyclic) bond motifs is 1. The van der Waals surface area contributed by atoms with Gasteiger partial charge in [-0.2, -0.15) is 9.61 Å². The molecule has 196 valence electrons. The third-order valence-electron chi connectivity index (χ3n) is 8.14. The van der Waals surface area contributed by atoms with E-state index in [0.717, 1.165) is 45.7 Å². The topological polar surface area (TPSA) is 45.5 Å². The number of benzene rings is 1. The summed E-state index contributed by atoms with van der Waals surface area (Å²) in [6.07, 6.45) is 9.83. The molecule has 0 amide bonds. The maximum absolute atomic E-state index is 6.50. The Morgan fingerprint density at radius 2 is 1.86 bits per heavy atom. The normalized spacial score (nSPS) is 23.4. The van der Waals surface area contributed by atoms with Crippen LogP contribution in [-0.2, 0) is 0 Å². The SMILES string of the molecule is C.CC(C)(C)C1CCC(N2CCCC(CNc3cc(-c4ccccc4Cl)nc4c(Br)cnn34)C2)CC1. The number of anilines is 1. The van der Waals surface area contributed by atoms with E-state index >= 15 is 0 Å². The number of likely N-dealkylation sites (tertiary alicyclic amines) is 1. The summed E-state index contributed by atoms with van der Waals surface area (Å²) in [5.41, 5.74) is 3.03. The van der Waals surface area contributed by atoms with Crippen molar-refractivity contribution in [1.82, 2.24) is 19.5 Å². The zero-order valence-corrected chi connectivity index (χ0v) is 23.4. The van der Waals surface area contributed by atoms with Gasteiger partial charge in [-0.15, -0.1) is 0 Å². The van der Waals surface area contributed by atoms with Gasteiger partial charge in [-0.05, 0) is 84.3 Å². The summed E-state index contributed by atoms with van der Waals surface area (Å²) < 4.78 is 2.77. The minimum absolute atomic E-state index is 0. The first kappa shape index (κ1) is 27.4. The van der Waals surface area contributed by atoms with Crippen LogP contribution in [0.25, 0.3) is 16.9 Å². The molecule has 0 spiro atoms. The Balaban J connectivity index is 0.00000304. The Hall–Kier alpha value is -1.63. The Kier molecular flexibility index (Phi) is 8.68. The van der Waals surface area contributed by atoms with Crippen LogP contribution in [0.5, 0.6) is 0 Å².